The number of halogens is 1. The van der Waals surface area contributed by atoms with Gasteiger partial charge in [-0.15, -0.1) is 0 Å². The quantitative estimate of drug-likeness (QED) is 0.266. The average Bonchev–Trinajstić information content (AvgIpc) is 2.92. The molecule has 0 unspecified atom stereocenters. The van der Waals surface area contributed by atoms with E-state index < -0.39 is 0 Å². The van der Waals surface area contributed by atoms with Crippen LogP contribution in [0, 0.1) is 11.3 Å². The van der Waals surface area contributed by atoms with Gasteiger partial charge in [0.25, 0.3) is 5.91 Å². The van der Waals surface area contributed by atoms with Crippen molar-refractivity contribution in [2.75, 3.05) is 20.8 Å². The van der Waals surface area contributed by atoms with Crippen LogP contribution in [0.15, 0.2) is 70.2 Å². The number of nitrogens with zero attached hydrogens (tertiary/aromatic N) is 2. The number of hydrogen-bond donors (Lipinski definition) is 2. The Kier molecular flexibility index (Phi) is 10.0. The van der Waals surface area contributed by atoms with Crippen LogP contribution in [0.2, 0.25) is 0 Å². The highest BCUT2D eigenvalue weighted by Crippen LogP contribution is 2.37. The smallest absolute Gasteiger partial charge is 0.251 e. The molecule has 0 aromatic heterocycles. The van der Waals surface area contributed by atoms with Gasteiger partial charge in [0.1, 0.15) is 12.4 Å². The molecule has 3 aromatic carbocycles. The first-order valence-electron chi connectivity index (χ1n) is 11.2. The van der Waals surface area contributed by atoms with E-state index in [1.165, 1.54) is 13.3 Å². The topological polar surface area (TPSA) is 122 Å². The molecule has 37 heavy (non-hydrogen) atoms. The molecule has 0 fully saturated rings. The fourth-order valence-corrected chi connectivity index (χ4v) is 3.80. The van der Waals surface area contributed by atoms with Crippen LogP contribution >= 0.6 is 15.9 Å². The van der Waals surface area contributed by atoms with Crippen LogP contribution in [0.1, 0.15) is 33.5 Å². The predicted octanol–water partition coefficient (Wildman–Crippen LogP) is 4.19. The number of hydrogen-bond acceptors (Lipinski definition) is 7. The van der Waals surface area contributed by atoms with Gasteiger partial charge in [-0.2, -0.15) is 10.4 Å². The third-order valence-corrected chi connectivity index (χ3v) is 5.74. The van der Waals surface area contributed by atoms with Crippen molar-refractivity contribution < 1.29 is 23.8 Å². The third-order valence-electron chi connectivity index (χ3n) is 5.15. The maximum Gasteiger partial charge on any atom is 0.251 e. The number of amides is 2. The molecule has 0 aliphatic carbocycles. The summed E-state index contributed by atoms with van der Waals surface area (Å²) in [6, 6.07) is 19.5. The van der Waals surface area contributed by atoms with Gasteiger partial charge >= 0.3 is 0 Å². The Morgan fingerprint density at radius 1 is 1.08 bits per heavy atom. The maximum atomic E-state index is 12.1. The number of rotatable bonds is 11. The van der Waals surface area contributed by atoms with Crippen LogP contribution in [0.5, 0.6) is 17.2 Å². The first-order chi connectivity index (χ1) is 17.9. The molecule has 0 aliphatic heterocycles. The highest BCUT2D eigenvalue weighted by atomic mass is 79.9. The van der Waals surface area contributed by atoms with E-state index in [9.17, 15) is 14.9 Å². The van der Waals surface area contributed by atoms with E-state index in [1.54, 1.807) is 55.6 Å². The molecule has 3 aromatic rings. The summed E-state index contributed by atoms with van der Waals surface area (Å²) in [7, 11) is 3.07. The van der Waals surface area contributed by atoms with E-state index in [0.29, 0.717) is 38.4 Å². The molecular formula is C27H25BrN4O5. The van der Waals surface area contributed by atoms with Crippen molar-refractivity contribution >= 4 is 34.0 Å². The molecule has 0 saturated carbocycles. The van der Waals surface area contributed by atoms with Gasteiger partial charge in [-0.1, -0.05) is 18.2 Å². The zero-order valence-electron chi connectivity index (χ0n) is 20.3. The molecule has 0 aliphatic rings. The first-order valence-corrected chi connectivity index (χ1v) is 12.0. The Bertz CT molecular complexity index is 1320. The minimum Gasteiger partial charge on any atom is -0.497 e. The number of carbonyl (C=O) groups excluding carboxylic acids is 2. The van der Waals surface area contributed by atoms with E-state index in [-0.39, 0.29) is 31.4 Å². The monoisotopic (exact) mass is 564 g/mol. The number of ether oxygens (including phenoxy) is 3. The van der Waals surface area contributed by atoms with E-state index in [4.69, 9.17) is 14.2 Å². The summed E-state index contributed by atoms with van der Waals surface area (Å²) >= 11 is 3.48. The van der Waals surface area contributed by atoms with Gasteiger partial charge < -0.3 is 19.5 Å². The highest BCUT2D eigenvalue weighted by Gasteiger charge is 2.13. The maximum absolute atomic E-state index is 12.1. The summed E-state index contributed by atoms with van der Waals surface area (Å²) in [6.07, 6.45) is 1.53. The van der Waals surface area contributed by atoms with Crippen LogP contribution in [0.3, 0.4) is 0 Å². The number of nitrogens with one attached hydrogen (secondary N) is 2. The van der Waals surface area contributed by atoms with Crippen LogP contribution in [0.25, 0.3) is 0 Å². The van der Waals surface area contributed by atoms with E-state index in [0.717, 1.165) is 5.56 Å². The minimum atomic E-state index is -0.353. The molecule has 2 amide bonds. The Morgan fingerprint density at radius 3 is 2.54 bits per heavy atom. The molecule has 0 radical (unpaired) electrons. The summed E-state index contributed by atoms with van der Waals surface area (Å²) in [5.74, 6) is 0.951. The van der Waals surface area contributed by atoms with Gasteiger partial charge in [0.05, 0.1) is 36.5 Å². The van der Waals surface area contributed by atoms with Gasteiger partial charge in [0.2, 0.25) is 5.91 Å². The molecule has 190 valence electrons. The van der Waals surface area contributed by atoms with Crippen molar-refractivity contribution in [2.45, 2.75) is 13.0 Å². The normalized spacial score (nSPS) is 10.4. The lowest BCUT2D eigenvalue weighted by Crippen LogP contribution is -2.29. The second-order valence-electron chi connectivity index (χ2n) is 7.62. The van der Waals surface area contributed by atoms with Gasteiger partial charge in [-0.05, 0) is 64.0 Å². The molecule has 0 bridgehead atoms. The second kappa shape index (κ2) is 13.7. The Labute approximate surface area is 223 Å². The van der Waals surface area contributed by atoms with Crippen LogP contribution in [-0.2, 0) is 11.4 Å². The molecule has 3 rings (SSSR count). The summed E-state index contributed by atoms with van der Waals surface area (Å²) < 4.78 is 17.1. The fourth-order valence-electron chi connectivity index (χ4n) is 3.23. The van der Waals surface area contributed by atoms with Crippen molar-refractivity contribution in [2.24, 2.45) is 5.10 Å². The van der Waals surface area contributed by atoms with Crippen molar-refractivity contribution in [3.63, 3.8) is 0 Å². The minimum absolute atomic E-state index is 0.0587. The molecule has 0 atom stereocenters. The largest absolute Gasteiger partial charge is 0.497 e. The Morgan fingerprint density at radius 2 is 1.84 bits per heavy atom. The predicted molar refractivity (Wildman–Crippen MR) is 142 cm³/mol. The van der Waals surface area contributed by atoms with Gasteiger partial charge in [-0.3, -0.25) is 9.59 Å². The zero-order chi connectivity index (χ0) is 26.6. The number of methoxy groups -OCH3 is 2. The average molecular weight is 565 g/mol. The summed E-state index contributed by atoms with van der Waals surface area (Å²) in [5.41, 5.74) is 4.86. The molecular weight excluding hydrogens is 540 g/mol. The summed E-state index contributed by atoms with van der Waals surface area (Å²) in [5, 5.41) is 15.9. The highest BCUT2D eigenvalue weighted by molar-refractivity contribution is 9.10. The zero-order valence-corrected chi connectivity index (χ0v) is 21.9. The molecule has 0 spiro atoms. The Hall–Kier alpha value is -4.36. The number of nitriles is 1. The van der Waals surface area contributed by atoms with E-state index >= 15 is 0 Å². The Balaban J connectivity index is 1.51. The number of carbonyl (C=O) groups is 2. The lowest BCUT2D eigenvalue weighted by Gasteiger charge is -2.14. The second-order valence-corrected chi connectivity index (χ2v) is 8.47. The van der Waals surface area contributed by atoms with Gasteiger partial charge in [0.15, 0.2) is 11.5 Å². The number of benzene rings is 3. The van der Waals surface area contributed by atoms with E-state index in [2.05, 4.69) is 37.8 Å². The molecule has 2 N–H and O–H groups in total. The first kappa shape index (κ1) is 27.2. The molecule has 9 nitrogen and oxygen atoms in total. The van der Waals surface area contributed by atoms with Gasteiger partial charge in [0, 0.05) is 24.1 Å². The lowest BCUT2D eigenvalue weighted by atomic mass is 10.1. The summed E-state index contributed by atoms with van der Waals surface area (Å²) in [4.78, 5) is 24.2. The fraction of sp³-hybridized carbons (Fsp3) is 0.185. The summed E-state index contributed by atoms with van der Waals surface area (Å²) in [6.45, 7) is 0.351. The third kappa shape index (κ3) is 7.81. The molecule has 0 saturated heterocycles. The van der Waals surface area contributed by atoms with Crippen LogP contribution in [-0.4, -0.2) is 38.8 Å². The van der Waals surface area contributed by atoms with Gasteiger partial charge in [-0.25, -0.2) is 5.43 Å². The van der Waals surface area contributed by atoms with Crippen molar-refractivity contribution in [3.8, 4) is 23.3 Å². The van der Waals surface area contributed by atoms with Crippen molar-refractivity contribution in [3.05, 3.63) is 87.4 Å². The van der Waals surface area contributed by atoms with Crippen LogP contribution in [0.4, 0.5) is 0 Å². The van der Waals surface area contributed by atoms with Crippen LogP contribution < -0.4 is 25.0 Å². The lowest BCUT2D eigenvalue weighted by molar-refractivity contribution is -0.120. The molecule has 0 heterocycles. The number of hydrazone groups is 1. The SMILES string of the molecule is COc1ccc(C(=O)NCCC(=O)NN=Cc2cc(Br)c(OCc3ccccc3C#N)c(OC)c2)cc1. The van der Waals surface area contributed by atoms with E-state index in [1.807, 2.05) is 12.1 Å². The van der Waals surface area contributed by atoms with Crippen molar-refractivity contribution in [1.82, 2.24) is 10.7 Å². The standard InChI is InChI=1S/C27H25BrN4O5/c1-35-22-9-7-19(8-10-22)27(34)30-12-11-25(33)32-31-16-18-13-23(28)26(24(14-18)36-2)37-17-21-6-4-3-5-20(21)15-29/h3-10,13-14,16H,11-12,17H2,1-2H3,(H,30,34)(H,32,33). The molecule has 10 heteroatoms. The van der Waals surface area contributed by atoms with Crippen molar-refractivity contribution in [1.29, 1.82) is 5.26 Å².